The number of hydrogen-bond donors (Lipinski definition) is 0. The predicted molar refractivity (Wildman–Crippen MR) is 58.0 cm³/mol. The molecule has 1 aromatic rings. The minimum absolute atomic E-state index is 0.0000463. The van der Waals surface area contributed by atoms with E-state index in [1.807, 2.05) is 22.6 Å². The maximum atomic E-state index is 12.5. The molecule has 1 rings (SSSR count). The van der Waals surface area contributed by atoms with Gasteiger partial charge in [0.1, 0.15) is 9.39 Å². The SMILES string of the molecule is COc1cc(CCl)c(C(F)F)nc1I. The zero-order valence-corrected chi connectivity index (χ0v) is 10.1. The Kier molecular flexibility index (Phi) is 4.31. The second kappa shape index (κ2) is 5.06. The van der Waals surface area contributed by atoms with E-state index < -0.39 is 6.43 Å². The first-order valence-corrected chi connectivity index (χ1v) is 5.29. The van der Waals surface area contributed by atoms with Crippen LogP contribution in [0.15, 0.2) is 6.07 Å². The smallest absolute Gasteiger partial charge is 0.280 e. The summed E-state index contributed by atoms with van der Waals surface area (Å²) in [6.45, 7) is 0. The van der Waals surface area contributed by atoms with Crippen LogP contribution in [0.2, 0.25) is 0 Å². The topological polar surface area (TPSA) is 22.1 Å². The van der Waals surface area contributed by atoms with Gasteiger partial charge in [0.15, 0.2) is 5.75 Å². The summed E-state index contributed by atoms with van der Waals surface area (Å²) >= 11 is 7.37. The molecule has 78 valence electrons. The predicted octanol–water partition coefficient (Wildman–Crippen LogP) is 3.37. The molecule has 1 heterocycles. The van der Waals surface area contributed by atoms with E-state index >= 15 is 0 Å². The van der Waals surface area contributed by atoms with Crippen molar-refractivity contribution in [2.75, 3.05) is 7.11 Å². The molecule has 0 atom stereocenters. The Balaban J connectivity index is 3.24. The maximum Gasteiger partial charge on any atom is 0.280 e. The van der Waals surface area contributed by atoms with Crippen LogP contribution in [0.25, 0.3) is 0 Å². The molecule has 14 heavy (non-hydrogen) atoms. The third-order valence-corrected chi connectivity index (χ3v) is 2.69. The van der Waals surface area contributed by atoms with Crippen LogP contribution in [-0.4, -0.2) is 12.1 Å². The average molecular weight is 334 g/mol. The molecule has 0 aliphatic rings. The van der Waals surface area contributed by atoms with Gasteiger partial charge in [-0.1, -0.05) is 0 Å². The lowest BCUT2D eigenvalue weighted by Gasteiger charge is -2.09. The molecule has 0 saturated heterocycles. The van der Waals surface area contributed by atoms with Crippen LogP contribution >= 0.6 is 34.2 Å². The van der Waals surface area contributed by atoms with Gasteiger partial charge in [-0.15, -0.1) is 11.6 Å². The van der Waals surface area contributed by atoms with Crippen LogP contribution in [-0.2, 0) is 5.88 Å². The molecule has 0 aliphatic carbocycles. The Bertz CT molecular complexity index is 335. The number of hydrogen-bond acceptors (Lipinski definition) is 2. The lowest BCUT2D eigenvalue weighted by molar-refractivity contribution is 0.144. The highest BCUT2D eigenvalue weighted by atomic mass is 127. The molecule has 0 saturated carbocycles. The molecule has 6 heteroatoms. The van der Waals surface area contributed by atoms with Crippen LogP contribution in [0, 0.1) is 3.70 Å². The third kappa shape index (κ3) is 2.44. The fourth-order valence-corrected chi connectivity index (χ4v) is 1.81. The fourth-order valence-electron chi connectivity index (χ4n) is 0.964. The first-order valence-electron chi connectivity index (χ1n) is 3.67. The molecule has 0 aromatic carbocycles. The Labute approximate surface area is 98.8 Å². The van der Waals surface area contributed by atoms with Crippen molar-refractivity contribution in [3.8, 4) is 5.75 Å². The minimum Gasteiger partial charge on any atom is -0.494 e. The summed E-state index contributed by atoms with van der Waals surface area (Å²) in [6.07, 6.45) is -2.61. The van der Waals surface area contributed by atoms with Gasteiger partial charge in [-0.3, -0.25) is 0 Å². The zero-order chi connectivity index (χ0) is 10.7. The van der Waals surface area contributed by atoms with Crippen LogP contribution in [0.5, 0.6) is 5.75 Å². The highest BCUT2D eigenvalue weighted by Gasteiger charge is 2.17. The Morgan fingerprint density at radius 2 is 2.29 bits per heavy atom. The number of aromatic nitrogens is 1. The van der Waals surface area contributed by atoms with Gasteiger partial charge in [-0.25, -0.2) is 13.8 Å². The normalized spacial score (nSPS) is 10.7. The van der Waals surface area contributed by atoms with Crippen LogP contribution < -0.4 is 4.74 Å². The minimum atomic E-state index is -2.61. The van der Waals surface area contributed by atoms with E-state index in [4.69, 9.17) is 16.3 Å². The Morgan fingerprint density at radius 3 is 2.71 bits per heavy atom. The van der Waals surface area contributed by atoms with Crippen molar-refractivity contribution in [1.82, 2.24) is 4.98 Å². The molecular weight excluding hydrogens is 326 g/mol. The third-order valence-electron chi connectivity index (χ3n) is 1.63. The van der Waals surface area contributed by atoms with Gasteiger partial charge in [-0.05, 0) is 34.2 Å². The summed E-state index contributed by atoms with van der Waals surface area (Å²) in [5.41, 5.74) is 0.0316. The molecule has 0 aliphatic heterocycles. The molecular formula is C8H7ClF2INO. The molecule has 0 amide bonds. The van der Waals surface area contributed by atoms with E-state index in [9.17, 15) is 8.78 Å². The molecule has 0 radical (unpaired) electrons. The quantitative estimate of drug-likeness (QED) is 0.481. The van der Waals surface area contributed by atoms with Crippen molar-refractivity contribution < 1.29 is 13.5 Å². The van der Waals surface area contributed by atoms with Gasteiger partial charge < -0.3 is 4.74 Å². The van der Waals surface area contributed by atoms with E-state index in [-0.39, 0.29) is 11.6 Å². The highest BCUT2D eigenvalue weighted by Crippen LogP contribution is 2.28. The molecule has 0 spiro atoms. The molecule has 0 bridgehead atoms. The number of rotatable bonds is 3. The van der Waals surface area contributed by atoms with Crippen LogP contribution in [0.3, 0.4) is 0 Å². The Morgan fingerprint density at radius 1 is 1.64 bits per heavy atom. The number of nitrogens with zero attached hydrogens (tertiary/aromatic N) is 1. The number of alkyl halides is 3. The van der Waals surface area contributed by atoms with Crippen molar-refractivity contribution in [3.05, 3.63) is 21.0 Å². The van der Waals surface area contributed by atoms with Gasteiger partial charge in [0.25, 0.3) is 6.43 Å². The second-order valence-corrected chi connectivity index (χ2v) is 3.75. The van der Waals surface area contributed by atoms with Gasteiger partial charge in [0, 0.05) is 5.88 Å². The first kappa shape index (κ1) is 11.9. The summed E-state index contributed by atoms with van der Waals surface area (Å²) in [5, 5.41) is 0. The van der Waals surface area contributed by atoms with Crippen LogP contribution in [0.4, 0.5) is 8.78 Å². The number of halogens is 4. The molecule has 0 N–H and O–H groups in total. The zero-order valence-electron chi connectivity index (χ0n) is 7.23. The van der Waals surface area contributed by atoms with Crippen molar-refractivity contribution in [2.45, 2.75) is 12.3 Å². The molecule has 1 aromatic heterocycles. The van der Waals surface area contributed by atoms with Crippen molar-refractivity contribution in [1.29, 1.82) is 0 Å². The Hall–Kier alpha value is -0.170. The van der Waals surface area contributed by atoms with Gasteiger partial charge in [0.05, 0.1) is 7.11 Å². The van der Waals surface area contributed by atoms with Crippen molar-refractivity contribution in [3.63, 3.8) is 0 Å². The monoisotopic (exact) mass is 333 g/mol. The van der Waals surface area contributed by atoms with Gasteiger partial charge >= 0.3 is 0 Å². The summed E-state index contributed by atoms with van der Waals surface area (Å²) in [4.78, 5) is 3.74. The number of methoxy groups -OCH3 is 1. The van der Waals surface area contributed by atoms with Crippen molar-refractivity contribution in [2.24, 2.45) is 0 Å². The molecule has 0 fully saturated rings. The average Bonchev–Trinajstić information content (AvgIpc) is 2.17. The molecule has 2 nitrogen and oxygen atoms in total. The second-order valence-electron chi connectivity index (χ2n) is 2.46. The molecule has 0 unspecified atom stereocenters. The first-order chi connectivity index (χ1) is 6.60. The summed E-state index contributed by atoms with van der Waals surface area (Å²) in [6, 6.07) is 1.49. The van der Waals surface area contributed by atoms with E-state index in [0.29, 0.717) is 15.0 Å². The highest BCUT2D eigenvalue weighted by molar-refractivity contribution is 14.1. The lowest BCUT2D eigenvalue weighted by atomic mass is 10.2. The fraction of sp³-hybridized carbons (Fsp3) is 0.375. The summed E-state index contributed by atoms with van der Waals surface area (Å²) in [5.74, 6) is 0.464. The van der Waals surface area contributed by atoms with E-state index in [2.05, 4.69) is 4.98 Å². The maximum absolute atomic E-state index is 12.5. The van der Waals surface area contributed by atoms with Crippen molar-refractivity contribution >= 4 is 34.2 Å². The van der Waals surface area contributed by atoms with Crippen LogP contribution in [0.1, 0.15) is 17.7 Å². The summed E-state index contributed by atoms with van der Waals surface area (Å²) in [7, 11) is 1.46. The summed E-state index contributed by atoms with van der Waals surface area (Å²) < 4.78 is 30.3. The lowest BCUT2D eigenvalue weighted by Crippen LogP contribution is -2.01. The number of pyridine rings is 1. The standard InChI is InChI=1S/C8H7ClF2INO/c1-14-5-2-4(3-9)6(7(10)11)13-8(5)12/h2,7H,3H2,1H3. The van der Waals surface area contributed by atoms with Gasteiger partial charge in [-0.2, -0.15) is 0 Å². The van der Waals surface area contributed by atoms with E-state index in [1.165, 1.54) is 13.2 Å². The van der Waals surface area contributed by atoms with Gasteiger partial charge in [0.2, 0.25) is 0 Å². The largest absolute Gasteiger partial charge is 0.494 e. The van der Waals surface area contributed by atoms with E-state index in [0.717, 1.165) is 0 Å². The number of ether oxygens (including phenoxy) is 1. The van der Waals surface area contributed by atoms with E-state index in [1.54, 1.807) is 0 Å².